The molecule has 0 aliphatic carbocycles. The van der Waals surface area contributed by atoms with Gasteiger partial charge < -0.3 is 29.5 Å². The van der Waals surface area contributed by atoms with Crippen molar-refractivity contribution in [2.24, 2.45) is 21.0 Å². The van der Waals surface area contributed by atoms with Gasteiger partial charge in [0.05, 0.1) is 11.4 Å². The lowest BCUT2D eigenvalue weighted by Crippen LogP contribution is -2.56. The van der Waals surface area contributed by atoms with Crippen LogP contribution in [0.25, 0.3) is 0 Å². The van der Waals surface area contributed by atoms with Gasteiger partial charge >= 0.3 is 0 Å². The highest BCUT2D eigenvalue weighted by Crippen LogP contribution is 2.49. The molecule has 294 valence electrons. The number of hydrazone groups is 2. The molecule has 6 aliphatic heterocycles. The van der Waals surface area contributed by atoms with E-state index in [0.29, 0.717) is 36.9 Å². The quantitative estimate of drug-likeness (QED) is 0.334. The Hall–Kier alpha value is -3.87. The SMILES string of the molecule is CC(C)c1cc2c(cc1[C@@H](C)C1(C)CN(C)C1)N1C(=NNC(=O)[C@H]1C)CO2.CC(C)c1cc2c(cc1[C@@H](C)C1(C)CNC1)N1C(=NNC(=O)[C@H]1C)CO2.Cl. The zero-order chi connectivity index (χ0) is 38.1. The number of carbonyl (C=O) groups excluding carboxylic acids is 2. The van der Waals surface area contributed by atoms with Crippen LogP contribution in [0, 0.1) is 10.8 Å². The summed E-state index contributed by atoms with van der Waals surface area (Å²) >= 11 is 0. The Labute approximate surface area is 326 Å². The van der Waals surface area contributed by atoms with Crippen molar-refractivity contribution >= 4 is 47.3 Å². The second-order valence-electron chi connectivity index (χ2n) is 17.4. The summed E-state index contributed by atoms with van der Waals surface area (Å²) in [5.41, 5.74) is 13.0. The molecule has 2 saturated heterocycles. The topological polar surface area (TPSA) is 123 Å². The van der Waals surface area contributed by atoms with E-state index in [2.05, 4.69) is 118 Å². The Morgan fingerprint density at radius 1 is 0.685 bits per heavy atom. The zero-order valence-corrected chi connectivity index (χ0v) is 34.6. The fourth-order valence-corrected chi connectivity index (χ4v) is 8.99. The van der Waals surface area contributed by atoms with E-state index in [4.69, 9.17) is 9.47 Å². The van der Waals surface area contributed by atoms with Crippen molar-refractivity contribution in [2.75, 3.05) is 56.2 Å². The lowest BCUT2D eigenvalue weighted by Gasteiger charge is -2.51. The standard InChI is InChI=1S/C21H30N4O2.C20H28N4O2.ClH/c1-12(2)15-8-18-17(7-16(15)13(3)21(5)10-24(6)11-21)25-14(4)20(26)23-22-19(25)9-27-18;1-11(2)14-7-17-16(6-15(14)12(3)20(5)9-21-10-20)24-13(4)19(25)23-22-18(24)8-26-17;/h7-8,12-14H,9-11H2,1-6H3,(H,23,26);6-7,11-13,21H,8-10H2,1-5H3,(H,23,25);1H/t13-,14-;12-,13-;/m11./s1. The summed E-state index contributed by atoms with van der Waals surface area (Å²) in [5.74, 6) is 4.73. The first-order valence-corrected chi connectivity index (χ1v) is 19.3. The van der Waals surface area contributed by atoms with Crippen LogP contribution < -0.4 is 35.4 Å². The van der Waals surface area contributed by atoms with Gasteiger partial charge in [-0.25, -0.2) is 10.9 Å². The van der Waals surface area contributed by atoms with Crippen molar-refractivity contribution in [3.8, 4) is 11.5 Å². The van der Waals surface area contributed by atoms with Gasteiger partial charge in [0, 0.05) is 26.2 Å². The molecule has 0 saturated carbocycles. The highest BCUT2D eigenvalue weighted by molar-refractivity contribution is 6.10. The number of fused-ring (bicyclic) bond motifs is 6. The van der Waals surface area contributed by atoms with Gasteiger partial charge in [-0.2, -0.15) is 10.2 Å². The fraction of sp³-hybridized carbons (Fsp3) is 0.610. The van der Waals surface area contributed by atoms with Gasteiger partial charge in [-0.15, -0.1) is 12.4 Å². The normalized spacial score (nSPS) is 24.4. The van der Waals surface area contributed by atoms with Crippen molar-refractivity contribution in [2.45, 2.75) is 105 Å². The molecule has 0 aromatic heterocycles. The van der Waals surface area contributed by atoms with Crippen molar-refractivity contribution in [3.05, 3.63) is 46.5 Å². The van der Waals surface area contributed by atoms with Crippen LogP contribution in [0.5, 0.6) is 11.5 Å². The molecule has 6 aliphatic rings. The van der Waals surface area contributed by atoms with Crippen LogP contribution in [0.3, 0.4) is 0 Å². The molecule has 2 fully saturated rings. The number of nitrogens with one attached hydrogen (secondary N) is 3. The van der Waals surface area contributed by atoms with Crippen LogP contribution in [0.2, 0.25) is 0 Å². The number of nitrogens with zero attached hydrogens (tertiary/aromatic N) is 5. The Morgan fingerprint density at radius 3 is 1.44 bits per heavy atom. The van der Waals surface area contributed by atoms with E-state index >= 15 is 0 Å². The van der Waals surface area contributed by atoms with Gasteiger partial charge in [0.2, 0.25) is 0 Å². The summed E-state index contributed by atoms with van der Waals surface area (Å²) in [7, 11) is 2.18. The lowest BCUT2D eigenvalue weighted by atomic mass is 9.67. The molecule has 2 aromatic carbocycles. The second kappa shape index (κ2) is 14.7. The molecule has 12 nitrogen and oxygen atoms in total. The molecular formula is C41H59ClN8O4. The number of benzene rings is 2. The van der Waals surface area contributed by atoms with Crippen LogP contribution >= 0.6 is 12.4 Å². The summed E-state index contributed by atoms with van der Waals surface area (Å²) in [4.78, 5) is 30.8. The summed E-state index contributed by atoms with van der Waals surface area (Å²) in [6, 6.07) is 8.27. The van der Waals surface area contributed by atoms with Gasteiger partial charge in [-0.3, -0.25) is 9.59 Å². The average molecular weight is 763 g/mol. The largest absolute Gasteiger partial charge is 0.483 e. The number of hydrogen-bond acceptors (Lipinski definition) is 10. The van der Waals surface area contributed by atoms with E-state index in [1.807, 2.05) is 23.6 Å². The Kier molecular flexibility index (Phi) is 10.8. The number of halogens is 1. The highest BCUT2D eigenvalue weighted by Gasteiger charge is 2.44. The third-order valence-electron chi connectivity index (χ3n) is 12.8. The van der Waals surface area contributed by atoms with E-state index in [-0.39, 0.29) is 47.1 Å². The van der Waals surface area contributed by atoms with Gasteiger partial charge in [-0.05, 0) is 102 Å². The maximum absolute atomic E-state index is 12.2. The molecule has 0 unspecified atom stereocenters. The van der Waals surface area contributed by atoms with E-state index < -0.39 is 0 Å². The van der Waals surface area contributed by atoms with Gasteiger partial charge in [-0.1, -0.05) is 55.4 Å². The van der Waals surface area contributed by atoms with Gasteiger partial charge in [0.15, 0.2) is 11.7 Å². The Bertz CT molecular complexity index is 1870. The van der Waals surface area contributed by atoms with Crippen LogP contribution in [-0.4, -0.2) is 86.9 Å². The molecule has 8 rings (SSSR count). The maximum Gasteiger partial charge on any atom is 0.262 e. The first kappa shape index (κ1) is 39.8. The molecular weight excluding hydrogens is 704 g/mol. The molecule has 54 heavy (non-hydrogen) atoms. The molecule has 2 amide bonds. The molecule has 0 radical (unpaired) electrons. The molecule has 0 bridgehead atoms. The van der Waals surface area contributed by atoms with Crippen molar-refractivity contribution in [3.63, 3.8) is 0 Å². The average Bonchev–Trinajstić information content (AvgIpc) is 3.11. The molecule has 2 aromatic rings. The monoisotopic (exact) mass is 762 g/mol. The molecule has 13 heteroatoms. The molecule has 3 N–H and O–H groups in total. The molecule has 6 heterocycles. The summed E-state index contributed by atoms with van der Waals surface area (Å²) in [6.07, 6.45) is 0. The van der Waals surface area contributed by atoms with E-state index in [0.717, 1.165) is 60.7 Å². The van der Waals surface area contributed by atoms with Gasteiger partial charge in [0.1, 0.15) is 36.8 Å². The minimum atomic E-state index is -0.293. The van der Waals surface area contributed by atoms with Crippen molar-refractivity contribution < 1.29 is 19.1 Å². The van der Waals surface area contributed by atoms with E-state index in [1.54, 1.807) is 0 Å². The molecule has 4 atom stereocenters. The number of rotatable bonds is 6. The van der Waals surface area contributed by atoms with Crippen LogP contribution in [0.15, 0.2) is 34.5 Å². The Morgan fingerprint density at radius 2 is 1.09 bits per heavy atom. The van der Waals surface area contributed by atoms with Crippen molar-refractivity contribution in [1.29, 1.82) is 0 Å². The predicted molar refractivity (Wildman–Crippen MR) is 218 cm³/mol. The first-order chi connectivity index (χ1) is 25.0. The lowest BCUT2D eigenvalue weighted by molar-refractivity contribution is -0.123. The number of hydrogen-bond donors (Lipinski definition) is 3. The van der Waals surface area contributed by atoms with E-state index in [9.17, 15) is 9.59 Å². The first-order valence-electron chi connectivity index (χ1n) is 19.3. The van der Waals surface area contributed by atoms with Crippen LogP contribution in [0.4, 0.5) is 11.4 Å². The summed E-state index contributed by atoms with van der Waals surface area (Å²) in [5, 5.41) is 11.8. The third-order valence-corrected chi connectivity index (χ3v) is 12.8. The minimum Gasteiger partial charge on any atom is -0.483 e. The van der Waals surface area contributed by atoms with Gasteiger partial charge in [0.25, 0.3) is 11.8 Å². The van der Waals surface area contributed by atoms with Crippen molar-refractivity contribution in [1.82, 2.24) is 21.1 Å². The predicted octanol–water partition coefficient (Wildman–Crippen LogP) is 5.87. The zero-order valence-electron chi connectivity index (χ0n) is 33.8. The number of ether oxygens (including phenoxy) is 2. The maximum atomic E-state index is 12.2. The highest BCUT2D eigenvalue weighted by atomic mass is 35.5. The summed E-state index contributed by atoms with van der Waals surface area (Å²) in [6.45, 7) is 27.2. The third kappa shape index (κ3) is 6.72. The molecule has 0 spiro atoms. The smallest absolute Gasteiger partial charge is 0.262 e. The number of likely N-dealkylation sites (tertiary alicyclic amines) is 1. The number of amidine groups is 2. The van der Waals surface area contributed by atoms with Crippen LogP contribution in [-0.2, 0) is 9.59 Å². The van der Waals surface area contributed by atoms with Crippen LogP contribution in [0.1, 0.15) is 115 Å². The number of anilines is 2. The fourth-order valence-electron chi connectivity index (χ4n) is 8.99. The summed E-state index contributed by atoms with van der Waals surface area (Å²) < 4.78 is 12.0. The Balaban J connectivity index is 0.000000181. The number of amides is 2. The van der Waals surface area contributed by atoms with E-state index in [1.165, 1.54) is 22.3 Å². The minimum absolute atomic E-state index is 0. The number of carbonyl (C=O) groups is 2. The second-order valence-corrected chi connectivity index (χ2v) is 17.4.